The molecule has 0 fully saturated rings. The molecule has 3 rings (SSSR count). The van der Waals surface area contributed by atoms with Crippen LogP contribution < -0.4 is 15.6 Å². The van der Waals surface area contributed by atoms with Crippen molar-refractivity contribution >= 4 is 22.7 Å². The zero-order valence-corrected chi connectivity index (χ0v) is 13.8. The lowest BCUT2D eigenvalue weighted by Gasteiger charge is -2.09. The van der Waals surface area contributed by atoms with E-state index < -0.39 is 5.91 Å². The first-order valence-corrected chi connectivity index (χ1v) is 7.94. The highest BCUT2D eigenvalue weighted by Crippen LogP contribution is 2.17. The third kappa shape index (κ3) is 4.38. The van der Waals surface area contributed by atoms with E-state index >= 15 is 0 Å². The highest BCUT2D eigenvalue weighted by atomic mass is 16.5. The third-order valence-corrected chi connectivity index (χ3v) is 3.73. The number of carbonyl (C=O) groups is 2. The van der Waals surface area contributed by atoms with Crippen molar-refractivity contribution in [3.63, 3.8) is 0 Å². The van der Waals surface area contributed by atoms with Crippen LogP contribution in [-0.4, -0.2) is 23.4 Å². The first kappa shape index (κ1) is 16.6. The Morgan fingerprint density at radius 3 is 2.68 bits per heavy atom. The van der Waals surface area contributed by atoms with E-state index in [-0.39, 0.29) is 18.9 Å². The van der Waals surface area contributed by atoms with Gasteiger partial charge >= 0.3 is 0 Å². The number of para-hydroxylation sites is 1. The number of hydrogen-bond acceptors (Lipinski definition) is 3. The summed E-state index contributed by atoms with van der Waals surface area (Å²) in [6.45, 7) is 1.77. The molecule has 0 spiro atoms. The number of H-pyrrole nitrogens is 1. The van der Waals surface area contributed by atoms with Crippen LogP contribution in [0.3, 0.4) is 0 Å². The predicted octanol–water partition coefficient (Wildman–Crippen LogP) is 2.25. The Morgan fingerprint density at radius 1 is 1.04 bits per heavy atom. The van der Waals surface area contributed by atoms with Crippen LogP contribution in [0.1, 0.15) is 11.1 Å². The topological polar surface area (TPSA) is 83.2 Å². The lowest BCUT2D eigenvalue weighted by Crippen LogP contribution is -2.44. The predicted molar refractivity (Wildman–Crippen MR) is 95.0 cm³/mol. The summed E-state index contributed by atoms with van der Waals surface area (Å²) in [5.74, 6) is -0.109. The average molecular weight is 337 g/mol. The van der Waals surface area contributed by atoms with Crippen LogP contribution in [0, 0.1) is 6.92 Å². The van der Waals surface area contributed by atoms with Crippen LogP contribution in [0.2, 0.25) is 0 Å². The summed E-state index contributed by atoms with van der Waals surface area (Å²) in [6.07, 6.45) is 1.97. The quantitative estimate of drug-likeness (QED) is 0.625. The van der Waals surface area contributed by atoms with Gasteiger partial charge in [-0.15, -0.1) is 0 Å². The fraction of sp³-hybridized carbons (Fsp3) is 0.158. The van der Waals surface area contributed by atoms with Crippen molar-refractivity contribution in [3.8, 4) is 5.75 Å². The van der Waals surface area contributed by atoms with Crippen LogP contribution >= 0.6 is 0 Å². The molecule has 2 amide bonds. The van der Waals surface area contributed by atoms with Crippen molar-refractivity contribution in [1.29, 1.82) is 0 Å². The largest absolute Gasteiger partial charge is 0.484 e. The Hall–Kier alpha value is -3.28. The van der Waals surface area contributed by atoms with Gasteiger partial charge in [0, 0.05) is 17.1 Å². The van der Waals surface area contributed by atoms with Gasteiger partial charge in [-0.25, -0.2) is 0 Å². The number of aryl methyl sites for hydroxylation is 1. The Labute approximate surface area is 145 Å². The summed E-state index contributed by atoms with van der Waals surface area (Å²) < 4.78 is 5.38. The number of carbonyl (C=O) groups excluding carboxylic acids is 2. The van der Waals surface area contributed by atoms with Gasteiger partial charge in [0.1, 0.15) is 5.75 Å². The molecule has 0 aliphatic rings. The second-order valence-corrected chi connectivity index (χ2v) is 5.74. The maximum Gasteiger partial charge on any atom is 0.276 e. The minimum atomic E-state index is -0.422. The zero-order valence-electron chi connectivity index (χ0n) is 13.8. The number of aromatic amines is 1. The van der Waals surface area contributed by atoms with Gasteiger partial charge in [0.25, 0.3) is 5.91 Å². The summed E-state index contributed by atoms with van der Waals surface area (Å²) in [5, 5.41) is 0.992. The van der Waals surface area contributed by atoms with E-state index in [4.69, 9.17) is 4.74 Å². The molecule has 3 aromatic rings. The summed E-state index contributed by atoms with van der Waals surface area (Å²) in [6, 6.07) is 15.1. The van der Waals surface area contributed by atoms with E-state index in [1.165, 1.54) is 0 Å². The highest BCUT2D eigenvalue weighted by molar-refractivity contribution is 5.89. The third-order valence-electron chi connectivity index (χ3n) is 3.73. The molecule has 1 heterocycles. The molecule has 0 saturated heterocycles. The molecule has 6 nitrogen and oxygen atoms in total. The number of ether oxygens (including phenoxy) is 1. The van der Waals surface area contributed by atoms with Crippen LogP contribution in [0.4, 0.5) is 0 Å². The van der Waals surface area contributed by atoms with E-state index in [1.54, 1.807) is 12.3 Å². The maximum absolute atomic E-state index is 12.0. The standard InChI is InChI=1S/C19H19N3O3/c1-13-5-4-6-15(9-13)25-12-19(24)22-21-18(23)10-14-11-20-17-8-3-2-7-16(14)17/h2-9,11,20H,10,12H2,1H3,(H,21,23)(H,22,24). The minimum Gasteiger partial charge on any atom is -0.484 e. The van der Waals surface area contributed by atoms with Crippen LogP contribution in [-0.2, 0) is 16.0 Å². The number of rotatable bonds is 5. The normalized spacial score (nSPS) is 10.4. The summed E-state index contributed by atoms with van der Waals surface area (Å²) in [5.41, 5.74) is 7.65. The molecule has 0 aliphatic heterocycles. The molecule has 2 aromatic carbocycles. The summed E-state index contributed by atoms with van der Waals surface area (Å²) in [7, 11) is 0. The zero-order chi connectivity index (χ0) is 17.6. The molecule has 1 aromatic heterocycles. The molecule has 0 aliphatic carbocycles. The Balaban J connectivity index is 1.46. The Bertz CT molecular complexity index is 902. The number of aromatic nitrogens is 1. The van der Waals surface area contributed by atoms with Gasteiger partial charge < -0.3 is 9.72 Å². The highest BCUT2D eigenvalue weighted by Gasteiger charge is 2.10. The molecule has 0 bridgehead atoms. The van der Waals surface area contributed by atoms with Crippen molar-refractivity contribution in [3.05, 3.63) is 65.9 Å². The van der Waals surface area contributed by atoms with E-state index in [1.807, 2.05) is 49.4 Å². The van der Waals surface area contributed by atoms with Crippen molar-refractivity contribution < 1.29 is 14.3 Å². The molecule has 0 radical (unpaired) electrons. The summed E-state index contributed by atoms with van der Waals surface area (Å²) >= 11 is 0. The maximum atomic E-state index is 12.0. The van der Waals surface area contributed by atoms with Gasteiger partial charge in [-0.05, 0) is 36.2 Å². The fourth-order valence-electron chi connectivity index (χ4n) is 2.52. The SMILES string of the molecule is Cc1cccc(OCC(=O)NNC(=O)Cc2c[nH]c3ccccc23)c1. The van der Waals surface area contributed by atoms with Crippen molar-refractivity contribution in [2.45, 2.75) is 13.3 Å². The Morgan fingerprint density at radius 2 is 1.84 bits per heavy atom. The van der Waals surface area contributed by atoms with E-state index in [2.05, 4.69) is 15.8 Å². The number of benzene rings is 2. The van der Waals surface area contributed by atoms with E-state index in [0.29, 0.717) is 5.75 Å². The van der Waals surface area contributed by atoms with Crippen LogP contribution in [0.15, 0.2) is 54.7 Å². The number of hydrazine groups is 1. The van der Waals surface area contributed by atoms with Gasteiger partial charge in [-0.1, -0.05) is 30.3 Å². The lowest BCUT2D eigenvalue weighted by molar-refractivity contribution is -0.129. The molecule has 0 unspecified atom stereocenters. The molecule has 6 heteroatoms. The average Bonchev–Trinajstić information content (AvgIpc) is 3.01. The monoisotopic (exact) mass is 337 g/mol. The fourth-order valence-corrected chi connectivity index (χ4v) is 2.52. The Kier molecular flexibility index (Phi) is 4.99. The number of amides is 2. The second-order valence-electron chi connectivity index (χ2n) is 5.74. The molecule has 0 saturated carbocycles. The molecule has 25 heavy (non-hydrogen) atoms. The molecular weight excluding hydrogens is 318 g/mol. The molecule has 0 atom stereocenters. The summed E-state index contributed by atoms with van der Waals surface area (Å²) in [4.78, 5) is 26.9. The van der Waals surface area contributed by atoms with Gasteiger partial charge in [0.15, 0.2) is 6.61 Å². The number of nitrogens with one attached hydrogen (secondary N) is 3. The van der Waals surface area contributed by atoms with Gasteiger partial charge in [-0.3, -0.25) is 20.4 Å². The number of fused-ring (bicyclic) bond motifs is 1. The van der Waals surface area contributed by atoms with E-state index in [9.17, 15) is 9.59 Å². The van der Waals surface area contributed by atoms with Crippen molar-refractivity contribution in [2.24, 2.45) is 0 Å². The second kappa shape index (κ2) is 7.53. The van der Waals surface area contributed by atoms with Gasteiger partial charge in [0.05, 0.1) is 6.42 Å². The number of hydrogen-bond donors (Lipinski definition) is 3. The van der Waals surface area contributed by atoms with Crippen molar-refractivity contribution in [1.82, 2.24) is 15.8 Å². The molecule has 3 N–H and O–H groups in total. The van der Waals surface area contributed by atoms with Crippen molar-refractivity contribution in [2.75, 3.05) is 6.61 Å². The van der Waals surface area contributed by atoms with Gasteiger partial charge in [0.2, 0.25) is 5.91 Å². The van der Waals surface area contributed by atoms with Gasteiger partial charge in [-0.2, -0.15) is 0 Å². The first-order chi connectivity index (χ1) is 12.1. The van der Waals surface area contributed by atoms with E-state index in [0.717, 1.165) is 22.0 Å². The minimum absolute atomic E-state index is 0.170. The molecular formula is C19H19N3O3. The van der Waals surface area contributed by atoms with Crippen LogP contribution in [0.25, 0.3) is 10.9 Å². The first-order valence-electron chi connectivity index (χ1n) is 7.94. The smallest absolute Gasteiger partial charge is 0.276 e. The molecule has 128 valence electrons. The lowest BCUT2D eigenvalue weighted by atomic mass is 10.1. The van der Waals surface area contributed by atoms with Crippen LogP contribution in [0.5, 0.6) is 5.75 Å².